The van der Waals surface area contributed by atoms with E-state index in [2.05, 4.69) is 44.7 Å². The Bertz CT molecular complexity index is 878. The fourth-order valence-corrected chi connectivity index (χ4v) is 4.95. The van der Waals surface area contributed by atoms with Crippen LogP contribution in [-0.4, -0.2) is 23.0 Å². The van der Waals surface area contributed by atoms with Crippen LogP contribution >= 0.6 is 47.0 Å². The first-order valence-corrected chi connectivity index (χ1v) is 13.6. The van der Waals surface area contributed by atoms with Gasteiger partial charge in [-0.15, -0.1) is 0 Å². The van der Waals surface area contributed by atoms with E-state index in [0.717, 1.165) is 58.1 Å². The zero-order valence-electron chi connectivity index (χ0n) is 16.5. The molecule has 0 N–H and O–H groups in total. The number of thioether (sulfide) groups is 4. The first-order valence-electron chi connectivity index (χ1n) is 9.61. The number of rotatable bonds is 0. The summed E-state index contributed by atoms with van der Waals surface area (Å²) in [5, 5.41) is 12.8. The van der Waals surface area contributed by atoms with E-state index in [1.54, 1.807) is 47.0 Å². The van der Waals surface area contributed by atoms with E-state index in [0.29, 0.717) is 0 Å². The lowest BCUT2D eigenvalue weighted by molar-refractivity contribution is 1.13. The summed E-state index contributed by atoms with van der Waals surface area (Å²) in [4.78, 5) is 0. The molecule has 4 aliphatic rings. The predicted octanol–water partition coefficient (Wildman–Crippen LogP) is 6.35. The lowest BCUT2D eigenvalue weighted by atomic mass is 10.1. The molecule has 2 aromatic carbocycles. The summed E-state index contributed by atoms with van der Waals surface area (Å²) in [6.07, 6.45) is 2.19. The monoisotopic (exact) mass is 460 g/mol. The van der Waals surface area contributed by atoms with Crippen molar-refractivity contribution >= 4 is 47.0 Å². The van der Waals surface area contributed by atoms with Crippen LogP contribution in [0.25, 0.3) is 0 Å². The highest BCUT2D eigenvalue weighted by molar-refractivity contribution is 8.05. The zero-order valence-corrected chi connectivity index (χ0v) is 19.8. The normalized spacial score (nSPS) is 14.7. The molecule has 0 unspecified atom stereocenters. The molecule has 30 heavy (non-hydrogen) atoms. The Balaban J connectivity index is 1.59. The highest BCUT2D eigenvalue weighted by Gasteiger charge is 1.92. The Hall–Kier alpha value is -1.92. The van der Waals surface area contributed by atoms with Gasteiger partial charge >= 0.3 is 0 Å². The van der Waals surface area contributed by atoms with E-state index in [4.69, 9.17) is 0 Å². The zero-order chi connectivity index (χ0) is 20.7. The van der Waals surface area contributed by atoms with Gasteiger partial charge in [-0.3, -0.25) is 0 Å². The van der Waals surface area contributed by atoms with Crippen LogP contribution in [0.3, 0.4) is 0 Å². The van der Waals surface area contributed by atoms with Crippen molar-refractivity contribution in [3.05, 3.63) is 70.8 Å². The lowest BCUT2D eigenvalue weighted by Gasteiger charge is -1.94. The molecule has 0 nitrogen and oxygen atoms in total. The van der Waals surface area contributed by atoms with Crippen molar-refractivity contribution in [3.63, 3.8) is 0 Å². The Morgan fingerprint density at radius 1 is 0.400 bits per heavy atom. The molecule has 4 heterocycles. The van der Waals surface area contributed by atoms with Crippen LogP contribution in [0.4, 0.5) is 0 Å². The Kier molecular flexibility index (Phi) is 10.7. The standard InChI is InChI=1S/C26H20S4/c1-15-27-19-11-23-3-7-25(8-4-23)13-21-29-17-2-18-30-22-14-26-9-5-24(6-10-26)12-20-28-16-1/h3-10H,1-2,15-18H2. The summed E-state index contributed by atoms with van der Waals surface area (Å²) in [6, 6.07) is 16.3. The Morgan fingerprint density at radius 2 is 0.633 bits per heavy atom. The van der Waals surface area contributed by atoms with Gasteiger partial charge in [0, 0.05) is 45.3 Å². The minimum Gasteiger partial charge on any atom is -0.0747 e. The van der Waals surface area contributed by atoms with E-state index in [9.17, 15) is 0 Å². The van der Waals surface area contributed by atoms with Crippen molar-refractivity contribution in [3.8, 4) is 44.7 Å². The quantitative estimate of drug-likeness (QED) is 0.420. The van der Waals surface area contributed by atoms with Crippen LogP contribution in [0.1, 0.15) is 35.1 Å². The van der Waals surface area contributed by atoms with Gasteiger partial charge in [0.2, 0.25) is 0 Å². The lowest BCUT2D eigenvalue weighted by Crippen LogP contribution is -1.82. The summed E-state index contributed by atoms with van der Waals surface area (Å²) in [5.41, 5.74) is 4.14. The molecule has 4 heteroatoms. The van der Waals surface area contributed by atoms with E-state index in [-0.39, 0.29) is 0 Å². The molecule has 4 bridgehead atoms. The second-order valence-corrected chi connectivity index (χ2v) is 9.77. The Labute approximate surface area is 197 Å². The molecular formula is C26H20S4. The van der Waals surface area contributed by atoms with Gasteiger partial charge < -0.3 is 0 Å². The average molecular weight is 461 g/mol. The van der Waals surface area contributed by atoms with Crippen LogP contribution in [0.5, 0.6) is 0 Å². The maximum atomic E-state index is 3.21. The van der Waals surface area contributed by atoms with Crippen LogP contribution in [0.15, 0.2) is 48.5 Å². The molecule has 148 valence electrons. The third kappa shape index (κ3) is 9.26. The fraction of sp³-hybridized carbons (Fsp3) is 0.231. The van der Waals surface area contributed by atoms with Gasteiger partial charge in [-0.2, -0.15) is 0 Å². The van der Waals surface area contributed by atoms with Crippen molar-refractivity contribution in [1.29, 1.82) is 0 Å². The van der Waals surface area contributed by atoms with Crippen molar-refractivity contribution in [1.82, 2.24) is 0 Å². The summed E-state index contributed by atoms with van der Waals surface area (Å²) in [7, 11) is 0. The third-order valence-corrected chi connectivity index (χ3v) is 6.78. The smallest absolute Gasteiger partial charge is 0.0255 e. The predicted molar refractivity (Wildman–Crippen MR) is 139 cm³/mol. The average Bonchev–Trinajstić information content (AvgIpc) is 2.78. The molecule has 0 aliphatic carbocycles. The topological polar surface area (TPSA) is 0 Å². The van der Waals surface area contributed by atoms with E-state index in [1.807, 2.05) is 48.5 Å². The molecule has 6 rings (SSSR count). The molecule has 2 aromatic rings. The van der Waals surface area contributed by atoms with Crippen LogP contribution < -0.4 is 0 Å². The first kappa shape index (κ1) is 22.8. The third-order valence-electron chi connectivity index (χ3n) is 3.83. The van der Waals surface area contributed by atoms with Gasteiger partial charge in [0.05, 0.1) is 0 Å². The number of benzene rings is 2. The molecular weight excluding hydrogens is 441 g/mol. The number of hydrogen-bond acceptors (Lipinski definition) is 4. The summed E-state index contributed by atoms with van der Waals surface area (Å²) in [5.74, 6) is 16.9. The molecule has 0 saturated carbocycles. The van der Waals surface area contributed by atoms with Crippen LogP contribution in [0, 0.1) is 44.7 Å². The highest BCUT2D eigenvalue weighted by Crippen LogP contribution is 2.10. The first-order chi connectivity index (χ1) is 14.9. The maximum Gasteiger partial charge on any atom is 0.0255 e. The summed E-state index contributed by atoms with van der Waals surface area (Å²) >= 11 is 6.68. The van der Waals surface area contributed by atoms with E-state index < -0.39 is 0 Å². The minimum absolute atomic E-state index is 1.02. The molecule has 0 fully saturated rings. The molecule has 0 atom stereocenters. The van der Waals surface area contributed by atoms with E-state index in [1.165, 1.54) is 0 Å². The van der Waals surface area contributed by atoms with Crippen molar-refractivity contribution in [2.75, 3.05) is 23.0 Å². The van der Waals surface area contributed by atoms with Gasteiger partial charge in [0.1, 0.15) is 0 Å². The van der Waals surface area contributed by atoms with Gasteiger partial charge in [-0.25, -0.2) is 0 Å². The van der Waals surface area contributed by atoms with E-state index >= 15 is 0 Å². The number of hydrogen-bond donors (Lipinski definition) is 0. The van der Waals surface area contributed by atoms with Crippen molar-refractivity contribution in [2.24, 2.45) is 0 Å². The summed E-state index contributed by atoms with van der Waals surface area (Å²) in [6.45, 7) is 0. The van der Waals surface area contributed by atoms with Crippen LogP contribution in [0.2, 0.25) is 0 Å². The Morgan fingerprint density at radius 3 is 0.867 bits per heavy atom. The molecule has 0 amide bonds. The molecule has 0 saturated heterocycles. The van der Waals surface area contributed by atoms with Crippen molar-refractivity contribution < 1.29 is 0 Å². The largest absolute Gasteiger partial charge is 0.0747 e. The molecule has 4 aliphatic heterocycles. The van der Waals surface area contributed by atoms with Gasteiger partial charge in [-0.05, 0) is 82.4 Å². The molecule has 0 spiro atoms. The maximum absolute atomic E-state index is 3.21. The van der Waals surface area contributed by atoms with Crippen LogP contribution in [-0.2, 0) is 0 Å². The van der Waals surface area contributed by atoms with Crippen molar-refractivity contribution in [2.45, 2.75) is 12.8 Å². The minimum atomic E-state index is 1.02. The fourth-order valence-electron chi connectivity index (χ4n) is 2.26. The van der Waals surface area contributed by atoms with Gasteiger partial charge in [0.25, 0.3) is 0 Å². The second-order valence-electron chi connectivity index (χ2n) is 6.16. The SMILES string of the molecule is C1#Cc2ccc(cc2)C#CSCCCSC#Cc2ccc(cc2)C#CSCCCS1. The summed E-state index contributed by atoms with van der Waals surface area (Å²) < 4.78 is 0. The van der Waals surface area contributed by atoms with Gasteiger partial charge in [0.15, 0.2) is 0 Å². The second kappa shape index (κ2) is 14.1. The molecule has 0 aromatic heterocycles. The highest BCUT2D eigenvalue weighted by atomic mass is 32.2. The van der Waals surface area contributed by atoms with Gasteiger partial charge in [-0.1, -0.05) is 70.7 Å². The molecule has 0 radical (unpaired) electrons.